The zero-order valence-corrected chi connectivity index (χ0v) is 11.7. The van der Waals surface area contributed by atoms with Crippen molar-refractivity contribution in [1.29, 1.82) is 0 Å². The molecule has 21 heavy (non-hydrogen) atoms. The summed E-state index contributed by atoms with van der Waals surface area (Å²) in [7, 11) is 0. The van der Waals surface area contributed by atoms with Gasteiger partial charge in [0.25, 0.3) is 0 Å². The average Bonchev–Trinajstić information content (AvgIpc) is 2.92. The molecule has 3 aromatic rings. The molecule has 0 atom stereocenters. The van der Waals surface area contributed by atoms with Crippen molar-refractivity contribution in [2.24, 2.45) is 0 Å². The highest BCUT2D eigenvalue weighted by Crippen LogP contribution is 2.23. The van der Waals surface area contributed by atoms with Gasteiger partial charge in [-0.25, -0.2) is 0 Å². The summed E-state index contributed by atoms with van der Waals surface area (Å²) in [5.41, 5.74) is 1.15. The summed E-state index contributed by atoms with van der Waals surface area (Å²) in [6, 6.07) is 13.7. The van der Waals surface area contributed by atoms with Crippen LogP contribution in [0.4, 0.5) is 0 Å². The van der Waals surface area contributed by atoms with Crippen LogP contribution in [-0.2, 0) is 0 Å². The molecule has 1 heterocycles. The standard InChI is InChI=1S/C17H11ClO3/c18-13-6-8-14(19)11(9-13)5-7-15(20)17-10-12-3-1-2-4-16(12)21-17/h1-10,19H/b7-5+. The van der Waals surface area contributed by atoms with Crippen molar-refractivity contribution in [3.8, 4) is 5.75 Å². The van der Waals surface area contributed by atoms with E-state index in [9.17, 15) is 9.90 Å². The maximum absolute atomic E-state index is 12.1. The van der Waals surface area contributed by atoms with E-state index in [0.717, 1.165) is 5.39 Å². The molecule has 0 aliphatic heterocycles. The first-order valence-electron chi connectivity index (χ1n) is 6.33. The van der Waals surface area contributed by atoms with E-state index in [1.807, 2.05) is 18.2 Å². The van der Waals surface area contributed by atoms with Crippen molar-refractivity contribution >= 4 is 34.4 Å². The van der Waals surface area contributed by atoms with Crippen LogP contribution in [0.3, 0.4) is 0 Å². The third kappa shape index (κ3) is 2.83. The van der Waals surface area contributed by atoms with E-state index in [1.165, 1.54) is 18.2 Å². The highest BCUT2D eigenvalue weighted by atomic mass is 35.5. The van der Waals surface area contributed by atoms with E-state index >= 15 is 0 Å². The first kappa shape index (κ1) is 13.5. The smallest absolute Gasteiger partial charge is 0.221 e. The lowest BCUT2D eigenvalue weighted by molar-refractivity contribution is 0.102. The zero-order chi connectivity index (χ0) is 14.8. The largest absolute Gasteiger partial charge is 0.507 e. The molecule has 1 N–H and O–H groups in total. The van der Waals surface area contributed by atoms with E-state index in [4.69, 9.17) is 16.0 Å². The van der Waals surface area contributed by atoms with Gasteiger partial charge in [-0.05, 0) is 42.5 Å². The molecule has 0 unspecified atom stereocenters. The molecule has 0 spiro atoms. The summed E-state index contributed by atoms with van der Waals surface area (Å²) in [6.45, 7) is 0. The number of phenolic OH excluding ortho intramolecular Hbond substituents is 1. The summed E-state index contributed by atoms with van der Waals surface area (Å²) >= 11 is 5.85. The van der Waals surface area contributed by atoms with Crippen LogP contribution < -0.4 is 0 Å². The van der Waals surface area contributed by atoms with Gasteiger partial charge in [-0.3, -0.25) is 4.79 Å². The number of para-hydroxylation sites is 1. The Bertz CT molecular complexity index is 813. The fourth-order valence-electron chi connectivity index (χ4n) is 2.01. The number of benzene rings is 2. The number of ketones is 1. The van der Waals surface area contributed by atoms with Gasteiger partial charge in [-0.15, -0.1) is 0 Å². The summed E-state index contributed by atoms with van der Waals surface area (Å²) < 4.78 is 5.48. The zero-order valence-electron chi connectivity index (χ0n) is 10.9. The van der Waals surface area contributed by atoms with E-state index in [-0.39, 0.29) is 17.3 Å². The Hall–Kier alpha value is -2.52. The molecule has 0 radical (unpaired) electrons. The highest BCUT2D eigenvalue weighted by Gasteiger charge is 2.09. The second-order valence-corrected chi connectivity index (χ2v) is 4.99. The van der Waals surface area contributed by atoms with E-state index in [0.29, 0.717) is 16.2 Å². The molecule has 104 valence electrons. The lowest BCUT2D eigenvalue weighted by Crippen LogP contribution is -1.90. The number of rotatable bonds is 3. The van der Waals surface area contributed by atoms with Crippen LogP contribution in [0, 0.1) is 0 Å². The molecule has 0 aliphatic carbocycles. The van der Waals surface area contributed by atoms with Gasteiger partial charge in [0.2, 0.25) is 5.78 Å². The summed E-state index contributed by atoms with van der Waals surface area (Å²) in [5, 5.41) is 11.1. The predicted molar refractivity (Wildman–Crippen MR) is 82.7 cm³/mol. The van der Waals surface area contributed by atoms with Crippen molar-refractivity contribution in [1.82, 2.24) is 0 Å². The molecule has 0 amide bonds. The number of carbonyl (C=O) groups is 1. The van der Waals surface area contributed by atoms with Crippen molar-refractivity contribution in [2.75, 3.05) is 0 Å². The Morgan fingerprint density at radius 3 is 2.76 bits per heavy atom. The van der Waals surface area contributed by atoms with Crippen LogP contribution in [0.5, 0.6) is 5.75 Å². The number of furan rings is 1. The SMILES string of the molecule is O=C(/C=C/c1cc(Cl)ccc1O)c1cc2ccccc2o1. The Morgan fingerprint density at radius 1 is 1.14 bits per heavy atom. The van der Waals surface area contributed by atoms with Gasteiger partial charge in [0, 0.05) is 16.0 Å². The number of hydrogen-bond donors (Lipinski definition) is 1. The van der Waals surface area contributed by atoms with E-state index in [1.54, 1.807) is 24.3 Å². The third-order valence-corrected chi connectivity index (χ3v) is 3.31. The monoisotopic (exact) mass is 298 g/mol. The number of allylic oxidation sites excluding steroid dienone is 1. The molecule has 1 aromatic heterocycles. The van der Waals surface area contributed by atoms with Crippen LogP contribution >= 0.6 is 11.6 Å². The number of hydrogen-bond acceptors (Lipinski definition) is 3. The second-order valence-electron chi connectivity index (χ2n) is 4.55. The van der Waals surface area contributed by atoms with Gasteiger partial charge in [0.15, 0.2) is 5.76 Å². The van der Waals surface area contributed by atoms with Crippen LogP contribution in [0.25, 0.3) is 17.0 Å². The van der Waals surface area contributed by atoms with Gasteiger partial charge in [0.1, 0.15) is 11.3 Å². The van der Waals surface area contributed by atoms with Crippen molar-refractivity contribution in [2.45, 2.75) is 0 Å². The van der Waals surface area contributed by atoms with Crippen LogP contribution in [0.15, 0.2) is 59.0 Å². The Balaban J connectivity index is 1.88. The number of fused-ring (bicyclic) bond motifs is 1. The molecular formula is C17H11ClO3. The third-order valence-electron chi connectivity index (χ3n) is 3.07. The van der Waals surface area contributed by atoms with Gasteiger partial charge in [-0.1, -0.05) is 29.8 Å². The van der Waals surface area contributed by atoms with Gasteiger partial charge >= 0.3 is 0 Å². The minimum Gasteiger partial charge on any atom is -0.507 e. The van der Waals surface area contributed by atoms with Crippen LogP contribution in [0.1, 0.15) is 16.1 Å². The summed E-state index contributed by atoms with van der Waals surface area (Å²) in [5.74, 6) is 0.0487. The fourth-order valence-corrected chi connectivity index (χ4v) is 2.19. The van der Waals surface area contributed by atoms with E-state index < -0.39 is 0 Å². The maximum atomic E-state index is 12.1. The van der Waals surface area contributed by atoms with Gasteiger partial charge in [0.05, 0.1) is 0 Å². The average molecular weight is 299 g/mol. The molecule has 2 aromatic carbocycles. The lowest BCUT2D eigenvalue weighted by Gasteiger charge is -1.98. The molecule has 0 aliphatic rings. The van der Waals surface area contributed by atoms with Crippen molar-refractivity contribution in [3.63, 3.8) is 0 Å². The normalized spacial score (nSPS) is 11.3. The highest BCUT2D eigenvalue weighted by molar-refractivity contribution is 6.30. The summed E-state index contributed by atoms with van der Waals surface area (Å²) in [4.78, 5) is 12.1. The maximum Gasteiger partial charge on any atom is 0.221 e. The minimum absolute atomic E-state index is 0.0630. The van der Waals surface area contributed by atoms with Crippen LogP contribution in [-0.4, -0.2) is 10.9 Å². The molecule has 4 heteroatoms. The number of aromatic hydroxyl groups is 1. The number of carbonyl (C=O) groups excluding carboxylic acids is 1. The predicted octanol–water partition coefficient (Wildman–Crippen LogP) is 4.69. The molecule has 0 saturated carbocycles. The molecule has 3 nitrogen and oxygen atoms in total. The number of phenols is 1. The van der Waals surface area contributed by atoms with Crippen LogP contribution in [0.2, 0.25) is 5.02 Å². The Labute approximate surface area is 126 Å². The van der Waals surface area contributed by atoms with Crippen molar-refractivity contribution in [3.05, 3.63) is 71.0 Å². The van der Waals surface area contributed by atoms with Crippen molar-refractivity contribution < 1.29 is 14.3 Å². The molecule has 0 bridgehead atoms. The second kappa shape index (κ2) is 5.46. The first-order valence-corrected chi connectivity index (χ1v) is 6.71. The van der Waals surface area contributed by atoms with Gasteiger partial charge in [-0.2, -0.15) is 0 Å². The summed E-state index contributed by atoms with van der Waals surface area (Å²) in [6.07, 6.45) is 2.86. The molecule has 0 saturated heterocycles. The lowest BCUT2D eigenvalue weighted by atomic mass is 10.1. The minimum atomic E-state index is -0.273. The number of halogens is 1. The first-order chi connectivity index (χ1) is 10.1. The van der Waals surface area contributed by atoms with Gasteiger partial charge < -0.3 is 9.52 Å². The topological polar surface area (TPSA) is 50.4 Å². The fraction of sp³-hybridized carbons (Fsp3) is 0. The molecule has 3 rings (SSSR count). The Morgan fingerprint density at radius 2 is 1.95 bits per heavy atom. The Kier molecular flexibility index (Phi) is 3.50. The van der Waals surface area contributed by atoms with E-state index in [2.05, 4.69) is 0 Å². The quantitative estimate of drug-likeness (QED) is 0.564. The molecular weight excluding hydrogens is 288 g/mol. The molecule has 0 fully saturated rings.